The Bertz CT molecular complexity index is 384. The maximum absolute atomic E-state index is 11.9. The van der Waals surface area contributed by atoms with Crippen LogP contribution in [0.25, 0.3) is 0 Å². The molecule has 3 N–H and O–H groups in total. The standard InChI is InChI=1S/C13H19N3O/c14-12-9-5-8-11(16-12)13(17)15-10-6-3-1-2-4-7-10/h5,8-10H,1-4,6-7H2,(H2,14,16)(H,15,17). The van der Waals surface area contributed by atoms with Gasteiger partial charge in [-0.3, -0.25) is 4.79 Å². The predicted molar refractivity (Wildman–Crippen MR) is 67.6 cm³/mol. The molecular weight excluding hydrogens is 214 g/mol. The van der Waals surface area contributed by atoms with Gasteiger partial charge in [-0.15, -0.1) is 0 Å². The molecule has 0 atom stereocenters. The van der Waals surface area contributed by atoms with Gasteiger partial charge in [0.15, 0.2) is 0 Å². The van der Waals surface area contributed by atoms with Crippen molar-refractivity contribution in [3.63, 3.8) is 0 Å². The van der Waals surface area contributed by atoms with Crippen LogP contribution in [0.4, 0.5) is 5.82 Å². The second-order valence-electron chi connectivity index (χ2n) is 4.61. The van der Waals surface area contributed by atoms with Crippen LogP contribution in [0.15, 0.2) is 18.2 Å². The number of anilines is 1. The van der Waals surface area contributed by atoms with E-state index in [9.17, 15) is 4.79 Å². The van der Waals surface area contributed by atoms with Gasteiger partial charge < -0.3 is 11.1 Å². The Morgan fingerprint density at radius 1 is 1.24 bits per heavy atom. The second kappa shape index (κ2) is 5.66. The van der Waals surface area contributed by atoms with Crippen molar-refractivity contribution in [2.45, 2.75) is 44.6 Å². The van der Waals surface area contributed by atoms with Crippen molar-refractivity contribution in [3.05, 3.63) is 23.9 Å². The molecule has 0 unspecified atom stereocenters. The average Bonchev–Trinajstić information content (AvgIpc) is 2.57. The van der Waals surface area contributed by atoms with Gasteiger partial charge in [0.2, 0.25) is 0 Å². The van der Waals surface area contributed by atoms with Gasteiger partial charge in [0.25, 0.3) is 5.91 Å². The number of amides is 1. The molecule has 0 bridgehead atoms. The van der Waals surface area contributed by atoms with Crippen LogP contribution in [0, 0.1) is 0 Å². The monoisotopic (exact) mass is 233 g/mol. The van der Waals surface area contributed by atoms with Crippen molar-refractivity contribution < 1.29 is 4.79 Å². The minimum atomic E-state index is -0.107. The van der Waals surface area contributed by atoms with E-state index < -0.39 is 0 Å². The number of hydrogen-bond donors (Lipinski definition) is 2. The van der Waals surface area contributed by atoms with Crippen molar-refractivity contribution in [2.24, 2.45) is 0 Å². The number of aromatic nitrogens is 1. The van der Waals surface area contributed by atoms with E-state index in [1.165, 1.54) is 25.7 Å². The molecule has 0 aromatic carbocycles. The topological polar surface area (TPSA) is 68.0 Å². The van der Waals surface area contributed by atoms with Crippen LogP contribution in [-0.4, -0.2) is 16.9 Å². The van der Waals surface area contributed by atoms with Gasteiger partial charge in [-0.25, -0.2) is 4.98 Å². The van der Waals surface area contributed by atoms with Gasteiger partial charge in [-0.05, 0) is 25.0 Å². The van der Waals surface area contributed by atoms with Crippen molar-refractivity contribution in [3.8, 4) is 0 Å². The molecule has 1 aliphatic carbocycles. The number of nitrogens with two attached hydrogens (primary N) is 1. The minimum Gasteiger partial charge on any atom is -0.384 e. The van der Waals surface area contributed by atoms with Gasteiger partial charge in [0.1, 0.15) is 11.5 Å². The zero-order chi connectivity index (χ0) is 12.1. The van der Waals surface area contributed by atoms with E-state index in [2.05, 4.69) is 10.3 Å². The summed E-state index contributed by atoms with van der Waals surface area (Å²) in [5, 5.41) is 3.05. The lowest BCUT2D eigenvalue weighted by Gasteiger charge is -2.15. The van der Waals surface area contributed by atoms with E-state index >= 15 is 0 Å². The fourth-order valence-corrected chi connectivity index (χ4v) is 2.26. The van der Waals surface area contributed by atoms with Gasteiger partial charge in [-0.1, -0.05) is 31.7 Å². The van der Waals surface area contributed by atoms with Gasteiger partial charge in [0, 0.05) is 6.04 Å². The predicted octanol–water partition coefficient (Wildman–Crippen LogP) is 2.12. The Labute approximate surface area is 102 Å². The third kappa shape index (κ3) is 3.44. The summed E-state index contributed by atoms with van der Waals surface area (Å²) < 4.78 is 0. The maximum Gasteiger partial charge on any atom is 0.270 e. The molecule has 1 aromatic rings. The highest BCUT2D eigenvalue weighted by molar-refractivity contribution is 5.92. The lowest BCUT2D eigenvalue weighted by molar-refractivity contribution is 0.0928. The van der Waals surface area contributed by atoms with Crippen LogP contribution in [0.1, 0.15) is 49.0 Å². The van der Waals surface area contributed by atoms with Crippen molar-refractivity contribution in [2.75, 3.05) is 5.73 Å². The summed E-state index contributed by atoms with van der Waals surface area (Å²) in [5.41, 5.74) is 5.97. The number of nitrogen functional groups attached to an aromatic ring is 1. The third-order valence-corrected chi connectivity index (χ3v) is 3.19. The molecule has 0 aliphatic heterocycles. The fraction of sp³-hybridized carbons (Fsp3) is 0.538. The van der Waals surface area contributed by atoms with E-state index in [0.29, 0.717) is 17.6 Å². The molecule has 1 heterocycles. The molecule has 1 amide bonds. The quantitative estimate of drug-likeness (QED) is 0.769. The molecule has 4 nitrogen and oxygen atoms in total. The molecule has 1 fully saturated rings. The normalized spacial score (nSPS) is 17.4. The van der Waals surface area contributed by atoms with E-state index in [-0.39, 0.29) is 5.91 Å². The summed E-state index contributed by atoms with van der Waals surface area (Å²) >= 11 is 0. The van der Waals surface area contributed by atoms with E-state index in [4.69, 9.17) is 5.73 Å². The summed E-state index contributed by atoms with van der Waals surface area (Å²) in [6.45, 7) is 0. The fourth-order valence-electron chi connectivity index (χ4n) is 2.26. The van der Waals surface area contributed by atoms with Crippen molar-refractivity contribution in [1.82, 2.24) is 10.3 Å². The first-order valence-corrected chi connectivity index (χ1v) is 6.29. The van der Waals surface area contributed by atoms with E-state index in [0.717, 1.165) is 12.8 Å². The average molecular weight is 233 g/mol. The molecule has 1 saturated carbocycles. The lowest BCUT2D eigenvalue weighted by atomic mass is 10.1. The second-order valence-corrected chi connectivity index (χ2v) is 4.61. The Morgan fingerprint density at radius 2 is 1.94 bits per heavy atom. The molecule has 4 heteroatoms. The van der Waals surface area contributed by atoms with Crippen LogP contribution in [0.2, 0.25) is 0 Å². The summed E-state index contributed by atoms with van der Waals surface area (Å²) in [7, 11) is 0. The number of nitrogens with zero attached hydrogens (tertiary/aromatic N) is 1. The molecule has 0 radical (unpaired) electrons. The van der Waals surface area contributed by atoms with Crippen LogP contribution in [0.5, 0.6) is 0 Å². The zero-order valence-electron chi connectivity index (χ0n) is 9.98. The molecule has 0 saturated heterocycles. The summed E-state index contributed by atoms with van der Waals surface area (Å²) in [6.07, 6.45) is 7.12. The molecule has 0 spiro atoms. The minimum absolute atomic E-state index is 0.107. The van der Waals surface area contributed by atoms with Crippen molar-refractivity contribution >= 4 is 11.7 Å². The first-order chi connectivity index (χ1) is 8.25. The molecule has 2 rings (SSSR count). The number of carbonyl (C=O) groups is 1. The Balaban J connectivity index is 1.96. The first kappa shape index (κ1) is 11.9. The zero-order valence-corrected chi connectivity index (χ0v) is 9.98. The Hall–Kier alpha value is -1.58. The highest BCUT2D eigenvalue weighted by Crippen LogP contribution is 2.17. The number of pyridine rings is 1. The van der Waals surface area contributed by atoms with E-state index in [1.807, 2.05) is 0 Å². The molecule has 17 heavy (non-hydrogen) atoms. The SMILES string of the molecule is Nc1cccc(C(=O)NC2CCCCCC2)n1. The lowest BCUT2D eigenvalue weighted by Crippen LogP contribution is -2.34. The largest absolute Gasteiger partial charge is 0.384 e. The highest BCUT2D eigenvalue weighted by atomic mass is 16.1. The van der Waals surface area contributed by atoms with E-state index in [1.54, 1.807) is 18.2 Å². The van der Waals surface area contributed by atoms with Gasteiger partial charge in [0.05, 0.1) is 0 Å². The summed E-state index contributed by atoms with van der Waals surface area (Å²) in [4.78, 5) is 16.0. The summed E-state index contributed by atoms with van der Waals surface area (Å²) in [6, 6.07) is 5.43. The summed E-state index contributed by atoms with van der Waals surface area (Å²) in [5.74, 6) is 0.280. The van der Waals surface area contributed by atoms with Gasteiger partial charge in [-0.2, -0.15) is 0 Å². The Kier molecular flexibility index (Phi) is 3.96. The number of hydrogen-bond acceptors (Lipinski definition) is 3. The highest BCUT2D eigenvalue weighted by Gasteiger charge is 2.16. The number of nitrogens with one attached hydrogen (secondary N) is 1. The smallest absolute Gasteiger partial charge is 0.270 e. The van der Waals surface area contributed by atoms with Crippen LogP contribution >= 0.6 is 0 Å². The number of carbonyl (C=O) groups excluding carboxylic acids is 1. The molecule has 1 aliphatic rings. The van der Waals surface area contributed by atoms with Crippen LogP contribution in [0.3, 0.4) is 0 Å². The van der Waals surface area contributed by atoms with Gasteiger partial charge >= 0.3 is 0 Å². The van der Waals surface area contributed by atoms with Crippen LogP contribution < -0.4 is 11.1 Å². The first-order valence-electron chi connectivity index (χ1n) is 6.29. The Morgan fingerprint density at radius 3 is 2.59 bits per heavy atom. The molecular formula is C13H19N3O. The maximum atomic E-state index is 11.9. The number of rotatable bonds is 2. The van der Waals surface area contributed by atoms with Crippen LogP contribution in [-0.2, 0) is 0 Å². The molecule has 1 aromatic heterocycles. The van der Waals surface area contributed by atoms with Crippen molar-refractivity contribution in [1.29, 1.82) is 0 Å². The third-order valence-electron chi connectivity index (χ3n) is 3.19. The molecule has 92 valence electrons.